The van der Waals surface area contributed by atoms with Crippen molar-refractivity contribution in [2.45, 2.75) is 18.9 Å². The van der Waals surface area contributed by atoms with Gasteiger partial charge in [-0.05, 0) is 41.8 Å². The predicted octanol–water partition coefficient (Wildman–Crippen LogP) is 2.52. The van der Waals surface area contributed by atoms with Crippen LogP contribution in [0.1, 0.15) is 23.6 Å². The number of nitrogens with one attached hydrogen (secondary N) is 1. The first-order valence-electron chi connectivity index (χ1n) is 6.73. The molecule has 2 N–H and O–H groups in total. The summed E-state index contributed by atoms with van der Waals surface area (Å²) in [6.07, 6.45) is 4.43. The quantitative estimate of drug-likeness (QED) is 0.862. The van der Waals surface area contributed by atoms with Gasteiger partial charge in [-0.3, -0.25) is 9.78 Å². The van der Waals surface area contributed by atoms with Gasteiger partial charge in [0, 0.05) is 23.8 Å². The smallest absolute Gasteiger partial charge is 0.220 e. The molecule has 1 unspecified atom stereocenters. The van der Waals surface area contributed by atoms with E-state index in [0.717, 1.165) is 11.1 Å². The van der Waals surface area contributed by atoms with Crippen LogP contribution in [0.25, 0.3) is 0 Å². The maximum absolute atomic E-state index is 12.0. The summed E-state index contributed by atoms with van der Waals surface area (Å²) < 4.78 is 0. The van der Waals surface area contributed by atoms with Crippen molar-refractivity contribution in [2.75, 3.05) is 6.61 Å². The van der Waals surface area contributed by atoms with Gasteiger partial charge in [0.2, 0.25) is 5.91 Å². The van der Waals surface area contributed by atoms with Gasteiger partial charge in [-0.1, -0.05) is 23.7 Å². The molecule has 5 heteroatoms. The Labute approximate surface area is 128 Å². The van der Waals surface area contributed by atoms with Crippen molar-refractivity contribution < 1.29 is 9.90 Å². The molecule has 110 valence electrons. The van der Waals surface area contributed by atoms with Gasteiger partial charge in [-0.25, -0.2) is 0 Å². The minimum absolute atomic E-state index is 0.0965. The van der Waals surface area contributed by atoms with Crippen molar-refractivity contribution in [1.29, 1.82) is 0 Å². The second-order valence-electron chi connectivity index (χ2n) is 4.71. The van der Waals surface area contributed by atoms with E-state index in [4.69, 9.17) is 11.6 Å². The van der Waals surface area contributed by atoms with Gasteiger partial charge < -0.3 is 10.4 Å². The highest BCUT2D eigenvalue weighted by molar-refractivity contribution is 6.30. The first-order valence-corrected chi connectivity index (χ1v) is 7.11. The Morgan fingerprint density at radius 1 is 1.19 bits per heavy atom. The molecular weight excluding hydrogens is 288 g/mol. The van der Waals surface area contributed by atoms with Crippen molar-refractivity contribution >= 4 is 17.5 Å². The highest BCUT2D eigenvalue weighted by Crippen LogP contribution is 2.16. The highest BCUT2D eigenvalue weighted by atomic mass is 35.5. The summed E-state index contributed by atoms with van der Waals surface area (Å²) in [7, 11) is 0. The minimum atomic E-state index is -0.410. The Kier molecular flexibility index (Phi) is 5.72. The van der Waals surface area contributed by atoms with Gasteiger partial charge in [0.15, 0.2) is 0 Å². The van der Waals surface area contributed by atoms with Gasteiger partial charge in [0.25, 0.3) is 0 Å². The third-order valence-electron chi connectivity index (χ3n) is 3.18. The molecule has 2 rings (SSSR count). The lowest BCUT2D eigenvalue weighted by Gasteiger charge is -2.17. The van der Waals surface area contributed by atoms with E-state index < -0.39 is 6.04 Å². The van der Waals surface area contributed by atoms with E-state index in [0.29, 0.717) is 17.9 Å². The molecule has 1 aromatic carbocycles. The van der Waals surface area contributed by atoms with Crippen LogP contribution in [0.15, 0.2) is 48.8 Å². The lowest BCUT2D eigenvalue weighted by atomic mass is 10.1. The minimum Gasteiger partial charge on any atom is -0.394 e. The number of aromatic nitrogens is 1. The number of halogens is 1. The molecule has 0 bridgehead atoms. The summed E-state index contributed by atoms with van der Waals surface area (Å²) >= 11 is 5.83. The van der Waals surface area contributed by atoms with Crippen LogP contribution >= 0.6 is 11.6 Å². The predicted molar refractivity (Wildman–Crippen MR) is 82.0 cm³/mol. The molecule has 0 saturated carbocycles. The fourth-order valence-electron chi connectivity index (χ4n) is 2.00. The van der Waals surface area contributed by atoms with Gasteiger partial charge in [0.1, 0.15) is 0 Å². The SMILES string of the molecule is O=C(CCc1ccncc1)NC(CO)c1ccc(Cl)cc1. The van der Waals surface area contributed by atoms with E-state index in [-0.39, 0.29) is 12.5 Å². The molecule has 1 amide bonds. The van der Waals surface area contributed by atoms with Crippen LogP contribution in [-0.2, 0) is 11.2 Å². The molecule has 1 atom stereocenters. The van der Waals surface area contributed by atoms with Gasteiger partial charge in [-0.2, -0.15) is 0 Å². The number of carbonyl (C=O) groups excluding carboxylic acids is 1. The molecule has 1 heterocycles. The molecule has 0 saturated heterocycles. The second-order valence-corrected chi connectivity index (χ2v) is 5.15. The van der Waals surface area contributed by atoms with E-state index >= 15 is 0 Å². The Balaban J connectivity index is 1.89. The Morgan fingerprint density at radius 2 is 1.86 bits per heavy atom. The zero-order chi connectivity index (χ0) is 15.1. The van der Waals surface area contributed by atoms with E-state index in [2.05, 4.69) is 10.3 Å². The Morgan fingerprint density at radius 3 is 2.48 bits per heavy atom. The van der Waals surface area contributed by atoms with Crippen LogP contribution in [0.5, 0.6) is 0 Å². The lowest BCUT2D eigenvalue weighted by molar-refractivity contribution is -0.122. The third kappa shape index (κ3) is 4.85. The summed E-state index contributed by atoms with van der Waals surface area (Å²) in [6.45, 7) is -0.150. The van der Waals surface area contributed by atoms with Crippen molar-refractivity contribution in [3.63, 3.8) is 0 Å². The summed E-state index contributed by atoms with van der Waals surface area (Å²) in [5.74, 6) is -0.0965. The van der Waals surface area contributed by atoms with Gasteiger partial charge >= 0.3 is 0 Å². The molecule has 2 aromatic rings. The molecule has 0 aliphatic heterocycles. The molecule has 1 aromatic heterocycles. The summed E-state index contributed by atoms with van der Waals surface area (Å²) in [5, 5.41) is 12.9. The van der Waals surface area contributed by atoms with Gasteiger partial charge in [0.05, 0.1) is 12.6 Å². The average Bonchev–Trinajstić information content (AvgIpc) is 2.52. The zero-order valence-corrected chi connectivity index (χ0v) is 12.3. The van der Waals surface area contributed by atoms with Crippen LogP contribution in [0.4, 0.5) is 0 Å². The fourth-order valence-corrected chi connectivity index (χ4v) is 2.13. The Hall–Kier alpha value is -1.91. The normalized spacial score (nSPS) is 11.9. The number of rotatable bonds is 6. The maximum Gasteiger partial charge on any atom is 0.220 e. The number of nitrogens with zero attached hydrogens (tertiary/aromatic N) is 1. The van der Waals surface area contributed by atoms with Crippen molar-refractivity contribution in [2.24, 2.45) is 0 Å². The average molecular weight is 305 g/mol. The van der Waals surface area contributed by atoms with E-state index in [1.807, 2.05) is 12.1 Å². The highest BCUT2D eigenvalue weighted by Gasteiger charge is 2.13. The summed E-state index contributed by atoms with van der Waals surface area (Å²) in [6, 6.07) is 10.4. The largest absolute Gasteiger partial charge is 0.394 e. The van der Waals surface area contributed by atoms with Crippen LogP contribution < -0.4 is 5.32 Å². The number of aryl methyl sites for hydroxylation is 1. The number of carbonyl (C=O) groups is 1. The lowest BCUT2D eigenvalue weighted by Crippen LogP contribution is -2.30. The first kappa shape index (κ1) is 15.5. The number of hydrogen-bond donors (Lipinski definition) is 2. The van der Waals surface area contributed by atoms with Crippen molar-refractivity contribution in [1.82, 2.24) is 10.3 Å². The van der Waals surface area contributed by atoms with Crippen molar-refractivity contribution in [3.8, 4) is 0 Å². The summed E-state index contributed by atoms with van der Waals surface area (Å²) in [5.41, 5.74) is 1.89. The maximum atomic E-state index is 12.0. The molecular formula is C16H17ClN2O2. The van der Waals surface area contributed by atoms with Crippen molar-refractivity contribution in [3.05, 3.63) is 64.9 Å². The van der Waals surface area contributed by atoms with Crippen LogP contribution in [0, 0.1) is 0 Å². The monoisotopic (exact) mass is 304 g/mol. The number of aliphatic hydroxyl groups excluding tert-OH is 1. The molecule has 0 aliphatic rings. The van der Waals surface area contributed by atoms with E-state index in [9.17, 15) is 9.90 Å². The third-order valence-corrected chi connectivity index (χ3v) is 3.43. The van der Waals surface area contributed by atoms with Gasteiger partial charge in [-0.15, -0.1) is 0 Å². The number of pyridine rings is 1. The molecule has 0 radical (unpaired) electrons. The molecule has 4 nitrogen and oxygen atoms in total. The zero-order valence-electron chi connectivity index (χ0n) is 11.5. The molecule has 21 heavy (non-hydrogen) atoms. The van der Waals surface area contributed by atoms with Crippen LogP contribution in [-0.4, -0.2) is 22.6 Å². The Bertz CT molecular complexity index is 573. The number of amides is 1. The van der Waals surface area contributed by atoms with E-state index in [1.165, 1.54) is 0 Å². The number of hydrogen-bond acceptors (Lipinski definition) is 3. The first-order chi connectivity index (χ1) is 10.2. The number of benzene rings is 1. The fraction of sp³-hybridized carbons (Fsp3) is 0.250. The topological polar surface area (TPSA) is 62.2 Å². The number of aliphatic hydroxyl groups is 1. The summed E-state index contributed by atoms with van der Waals surface area (Å²) in [4.78, 5) is 15.9. The molecule has 0 fully saturated rings. The standard InChI is InChI=1S/C16H17ClN2O2/c17-14-4-2-13(3-5-14)15(11-20)19-16(21)6-1-12-7-9-18-10-8-12/h2-5,7-10,15,20H,1,6,11H2,(H,19,21). The second kappa shape index (κ2) is 7.76. The van der Waals surface area contributed by atoms with Crippen LogP contribution in [0.2, 0.25) is 5.02 Å². The van der Waals surface area contributed by atoms with Crippen LogP contribution in [0.3, 0.4) is 0 Å². The molecule has 0 spiro atoms. The van der Waals surface area contributed by atoms with E-state index in [1.54, 1.807) is 36.7 Å². The molecule has 0 aliphatic carbocycles.